The smallest absolute Gasteiger partial charge is 0.226 e. The van der Waals surface area contributed by atoms with Crippen LogP contribution in [0.3, 0.4) is 0 Å². The molecule has 1 N–H and O–H groups in total. The predicted molar refractivity (Wildman–Crippen MR) is 77.8 cm³/mol. The van der Waals surface area contributed by atoms with E-state index in [-0.39, 0.29) is 12.5 Å². The molecular weight excluding hydrogens is 254 g/mol. The zero-order chi connectivity index (χ0) is 14.5. The highest BCUT2D eigenvalue weighted by Crippen LogP contribution is 2.27. The number of carbonyl (C=O) groups excluding carboxylic acids is 1. The Morgan fingerprint density at radius 2 is 2.15 bits per heavy atom. The van der Waals surface area contributed by atoms with E-state index >= 15 is 0 Å². The molecule has 1 aliphatic carbocycles. The van der Waals surface area contributed by atoms with Gasteiger partial charge in [0.15, 0.2) is 0 Å². The summed E-state index contributed by atoms with van der Waals surface area (Å²) in [6, 6.07) is 6.36. The van der Waals surface area contributed by atoms with E-state index in [4.69, 9.17) is 9.84 Å². The quantitative estimate of drug-likeness (QED) is 0.830. The van der Waals surface area contributed by atoms with Crippen molar-refractivity contribution in [1.82, 2.24) is 4.90 Å². The van der Waals surface area contributed by atoms with Crippen molar-refractivity contribution in [2.24, 2.45) is 0 Å². The Balaban J connectivity index is 1.81. The number of aliphatic hydroxyl groups excluding tert-OH is 1. The predicted octanol–water partition coefficient (Wildman–Crippen LogP) is 2.06. The van der Waals surface area contributed by atoms with Crippen molar-refractivity contribution in [3.63, 3.8) is 0 Å². The van der Waals surface area contributed by atoms with Crippen LogP contribution in [-0.2, 0) is 4.79 Å². The minimum atomic E-state index is 0.0279. The molecule has 0 heterocycles. The second-order valence-electron chi connectivity index (χ2n) is 5.41. The van der Waals surface area contributed by atoms with Crippen LogP contribution in [0.2, 0.25) is 0 Å². The van der Waals surface area contributed by atoms with E-state index in [1.807, 2.05) is 26.0 Å². The van der Waals surface area contributed by atoms with Crippen LogP contribution in [0.25, 0.3) is 0 Å². The number of hydrogen-bond donors (Lipinski definition) is 1. The summed E-state index contributed by atoms with van der Waals surface area (Å²) < 4.78 is 5.68. The SMILES string of the molecule is Cc1ccc(OCCC(=O)N(CCO)C2CC2)c(C)c1. The molecule has 0 unspecified atom stereocenters. The first kappa shape index (κ1) is 14.9. The summed E-state index contributed by atoms with van der Waals surface area (Å²) in [4.78, 5) is 13.9. The molecule has 4 nitrogen and oxygen atoms in total. The van der Waals surface area contributed by atoms with Crippen LogP contribution in [0, 0.1) is 13.8 Å². The Morgan fingerprint density at radius 3 is 2.75 bits per heavy atom. The van der Waals surface area contributed by atoms with Gasteiger partial charge in [0.05, 0.1) is 19.6 Å². The van der Waals surface area contributed by atoms with E-state index in [9.17, 15) is 4.79 Å². The number of benzene rings is 1. The highest BCUT2D eigenvalue weighted by molar-refractivity contribution is 5.77. The minimum Gasteiger partial charge on any atom is -0.493 e. The van der Waals surface area contributed by atoms with Crippen LogP contribution in [0.1, 0.15) is 30.4 Å². The maximum atomic E-state index is 12.1. The molecule has 110 valence electrons. The monoisotopic (exact) mass is 277 g/mol. The maximum Gasteiger partial charge on any atom is 0.226 e. The van der Waals surface area contributed by atoms with Crippen LogP contribution in [0.4, 0.5) is 0 Å². The Hall–Kier alpha value is -1.55. The summed E-state index contributed by atoms with van der Waals surface area (Å²) in [5.74, 6) is 0.912. The second kappa shape index (κ2) is 6.75. The van der Waals surface area contributed by atoms with E-state index < -0.39 is 0 Å². The van der Waals surface area contributed by atoms with Gasteiger partial charge in [-0.05, 0) is 38.3 Å². The van der Waals surface area contributed by atoms with Crippen molar-refractivity contribution < 1.29 is 14.6 Å². The number of ether oxygens (including phenoxy) is 1. The van der Waals surface area contributed by atoms with Gasteiger partial charge in [-0.1, -0.05) is 17.7 Å². The van der Waals surface area contributed by atoms with Crippen LogP contribution in [-0.4, -0.2) is 41.7 Å². The van der Waals surface area contributed by atoms with Gasteiger partial charge in [-0.3, -0.25) is 4.79 Å². The maximum absolute atomic E-state index is 12.1. The summed E-state index contributed by atoms with van der Waals surface area (Å²) in [6.07, 6.45) is 2.48. The average Bonchev–Trinajstić information content (AvgIpc) is 3.22. The molecular formula is C16H23NO3. The molecule has 0 atom stereocenters. The fourth-order valence-corrected chi connectivity index (χ4v) is 2.36. The zero-order valence-corrected chi connectivity index (χ0v) is 12.3. The van der Waals surface area contributed by atoms with Crippen LogP contribution in [0.15, 0.2) is 18.2 Å². The number of amides is 1. The average molecular weight is 277 g/mol. The van der Waals surface area contributed by atoms with Crippen molar-refractivity contribution in [3.05, 3.63) is 29.3 Å². The fourth-order valence-electron chi connectivity index (χ4n) is 2.36. The molecule has 0 bridgehead atoms. The first-order valence-corrected chi connectivity index (χ1v) is 7.22. The molecule has 1 amide bonds. The van der Waals surface area contributed by atoms with Gasteiger partial charge in [-0.2, -0.15) is 0 Å². The highest BCUT2D eigenvalue weighted by Gasteiger charge is 2.31. The fraction of sp³-hybridized carbons (Fsp3) is 0.562. The molecule has 1 saturated carbocycles. The Kier molecular flexibility index (Phi) is 5.01. The normalized spacial score (nSPS) is 14.2. The largest absolute Gasteiger partial charge is 0.493 e. The molecule has 0 spiro atoms. The molecule has 0 saturated heterocycles. The summed E-state index contributed by atoms with van der Waals surface area (Å²) >= 11 is 0. The third-order valence-corrected chi connectivity index (χ3v) is 3.55. The van der Waals surface area contributed by atoms with Crippen molar-refractivity contribution in [2.45, 2.75) is 39.2 Å². The Morgan fingerprint density at radius 1 is 1.40 bits per heavy atom. The Bertz CT molecular complexity index is 469. The number of rotatable bonds is 7. The lowest BCUT2D eigenvalue weighted by Crippen LogP contribution is -2.36. The summed E-state index contributed by atoms with van der Waals surface area (Å²) in [5, 5.41) is 9.00. The summed E-state index contributed by atoms with van der Waals surface area (Å²) in [6.45, 7) is 4.90. The summed E-state index contributed by atoms with van der Waals surface area (Å²) in [5.41, 5.74) is 2.29. The zero-order valence-electron chi connectivity index (χ0n) is 12.3. The topological polar surface area (TPSA) is 49.8 Å². The summed E-state index contributed by atoms with van der Waals surface area (Å²) in [7, 11) is 0. The Labute approximate surface area is 120 Å². The van der Waals surface area contributed by atoms with Gasteiger partial charge in [-0.15, -0.1) is 0 Å². The van der Waals surface area contributed by atoms with Gasteiger partial charge in [0.25, 0.3) is 0 Å². The molecule has 1 aliphatic rings. The number of hydrogen-bond acceptors (Lipinski definition) is 3. The molecule has 4 heteroatoms. The van der Waals surface area contributed by atoms with Crippen molar-refractivity contribution in [2.75, 3.05) is 19.8 Å². The molecule has 2 rings (SSSR count). The lowest BCUT2D eigenvalue weighted by atomic mass is 10.1. The molecule has 0 radical (unpaired) electrons. The first-order valence-electron chi connectivity index (χ1n) is 7.22. The van der Waals surface area contributed by atoms with Crippen molar-refractivity contribution in [3.8, 4) is 5.75 Å². The van der Waals surface area contributed by atoms with Gasteiger partial charge >= 0.3 is 0 Å². The number of nitrogens with zero attached hydrogens (tertiary/aromatic N) is 1. The minimum absolute atomic E-state index is 0.0279. The molecule has 0 aromatic heterocycles. The van der Waals surface area contributed by atoms with Gasteiger partial charge in [0, 0.05) is 12.6 Å². The molecule has 1 aromatic carbocycles. The first-order chi connectivity index (χ1) is 9.61. The molecule has 1 fully saturated rings. The second-order valence-corrected chi connectivity index (χ2v) is 5.41. The number of aliphatic hydroxyl groups is 1. The standard InChI is InChI=1S/C16H23NO3/c1-12-3-6-15(13(2)11-12)20-10-7-16(19)17(8-9-18)14-4-5-14/h3,6,11,14,18H,4-5,7-10H2,1-2H3. The third kappa shape index (κ3) is 3.97. The van der Waals surface area contributed by atoms with Crippen LogP contribution in [0.5, 0.6) is 5.75 Å². The van der Waals surface area contributed by atoms with Gasteiger partial charge < -0.3 is 14.7 Å². The van der Waals surface area contributed by atoms with Gasteiger partial charge in [0.1, 0.15) is 5.75 Å². The lowest BCUT2D eigenvalue weighted by molar-refractivity contribution is -0.132. The number of carbonyl (C=O) groups is 1. The van der Waals surface area contributed by atoms with Gasteiger partial charge in [0.2, 0.25) is 5.91 Å². The lowest BCUT2D eigenvalue weighted by Gasteiger charge is -2.21. The van der Waals surface area contributed by atoms with Crippen molar-refractivity contribution >= 4 is 5.91 Å². The number of aryl methyl sites for hydroxylation is 2. The van der Waals surface area contributed by atoms with E-state index in [0.717, 1.165) is 24.2 Å². The highest BCUT2D eigenvalue weighted by atomic mass is 16.5. The third-order valence-electron chi connectivity index (χ3n) is 3.55. The van der Waals surface area contributed by atoms with Crippen LogP contribution < -0.4 is 4.74 Å². The van der Waals surface area contributed by atoms with Gasteiger partial charge in [-0.25, -0.2) is 0 Å². The van der Waals surface area contributed by atoms with E-state index in [0.29, 0.717) is 25.6 Å². The van der Waals surface area contributed by atoms with E-state index in [1.54, 1.807) is 4.90 Å². The van der Waals surface area contributed by atoms with Crippen molar-refractivity contribution in [1.29, 1.82) is 0 Å². The molecule has 1 aromatic rings. The molecule has 0 aliphatic heterocycles. The van der Waals surface area contributed by atoms with E-state index in [2.05, 4.69) is 6.07 Å². The van der Waals surface area contributed by atoms with Crippen LogP contribution >= 0.6 is 0 Å². The van der Waals surface area contributed by atoms with E-state index in [1.165, 1.54) is 5.56 Å². The molecule has 20 heavy (non-hydrogen) atoms.